The molecule has 90 valence electrons. The Morgan fingerprint density at radius 3 is 3.12 bits per heavy atom. The van der Waals surface area contributed by atoms with Crippen molar-refractivity contribution < 1.29 is 4.74 Å². The molecule has 1 N–H and O–H groups in total. The number of nitrogens with zero attached hydrogens (tertiary/aromatic N) is 1. The second-order valence-corrected chi connectivity index (χ2v) is 4.83. The van der Waals surface area contributed by atoms with Gasteiger partial charge in [0.05, 0.1) is 7.11 Å². The Hall–Kier alpha value is -0.740. The second kappa shape index (κ2) is 8.42. The first-order valence-corrected chi connectivity index (χ1v) is 6.79. The first-order chi connectivity index (χ1) is 7.86. The normalized spacial score (nSPS) is 10.4. The monoisotopic (exact) mass is 240 g/mol. The maximum Gasteiger partial charge on any atom is 0.213 e. The number of ether oxygens (including phenoxy) is 1. The molecular weight excluding hydrogens is 220 g/mol. The minimum atomic E-state index is 0.681. The highest BCUT2D eigenvalue weighted by atomic mass is 32.2. The molecule has 0 aliphatic heterocycles. The van der Waals surface area contributed by atoms with Gasteiger partial charge in [-0.3, -0.25) is 0 Å². The average molecular weight is 240 g/mol. The highest BCUT2D eigenvalue weighted by Crippen LogP contribution is 2.08. The first kappa shape index (κ1) is 13.3. The molecule has 4 heteroatoms. The molecule has 0 saturated carbocycles. The topological polar surface area (TPSA) is 34.2 Å². The summed E-state index contributed by atoms with van der Waals surface area (Å²) in [5.74, 6) is 3.13. The molecular formula is C12H20N2OS. The van der Waals surface area contributed by atoms with Crippen LogP contribution in [0.4, 0.5) is 0 Å². The van der Waals surface area contributed by atoms with Crippen molar-refractivity contribution in [1.29, 1.82) is 0 Å². The minimum Gasteiger partial charge on any atom is -0.481 e. The summed E-state index contributed by atoms with van der Waals surface area (Å²) in [7, 11) is 1.64. The summed E-state index contributed by atoms with van der Waals surface area (Å²) >= 11 is 1.99. The van der Waals surface area contributed by atoms with Gasteiger partial charge in [0.15, 0.2) is 0 Å². The highest BCUT2D eigenvalue weighted by Gasteiger charge is 1.96. The quantitative estimate of drug-likeness (QED) is 0.707. The molecule has 1 rings (SSSR count). The number of methoxy groups -OCH3 is 1. The molecule has 3 nitrogen and oxygen atoms in total. The summed E-state index contributed by atoms with van der Waals surface area (Å²) in [6.07, 6.45) is 3.00. The molecule has 1 heterocycles. The Morgan fingerprint density at radius 1 is 1.50 bits per heavy atom. The van der Waals surface area contributed by atoms with E-state index >= 15 is 0 Å². The Balaban J connectivity index is 2.16. The lowest BCUT2D eigenvalue weighted by atomic mass is 10.2. The summed E-state index contributed by atoms with van der Waals surface area (Å²) in [4.78, 5) is 4.07. The van der Waals surface area contributed by atoms with Crippen LogP contribution in [0.25, 0.3) is 0 Å². The van der Waals surface area contributed by atoms with Gasteiger partial charge in [0.1, 0.15) is 0 Å². The van der Waals surface area contributed by atoms with Crippen LogP contribution in [0, 0.1) is 0 Å². The van der Waals surface area contributed by atoms with Gasteiger partial charge in [-0.1, -0.05) is 6.92 Å². The lowest BCUT2D eigenvalue weighted by Gasteiger charge is -2.05. The van der Waals surface area contributed by atoms with Gasteiger partial charge in [-0.2, -0.15) is 11.8 Å². The standard InChI is InChI=1S/C12H20N2OS/c1-3-16-8-4-6-13-10-11-5-7-14-12(9-11)15-2/h5,7,9,13H,3-4,6,8,10H2,1-2H3. The van der Waals surface area contributed by atoms with Crippen molar-refractivity contribution in [2.75, 3.05) is 25.2 Å². The van der Waals surface area contributed by atoms with Crippen molar-refractivity contribution in [3.63, 3.8) is 0 Å². The van der Waals surface area contributed by atoms with Crippen LogP contribution in [-0.4, -0.2) is 30.1 Å². The average Bonchev–Trinajstić information content (AvgIpc) is 2.34. The van der Waals surface area contributed by atoms with E-state index in [-0.39, 0.29) is 0 Å². The summed E-state index contributed by atoms with van der Waals surface area (Å²) in [5, 5.41) is 3.42. The van der Waals surface area contributed by atoms with E-state index in [0.29, 0.717) is 5.88 Å². The van der Waals surface area contributed by atoms with Crippen molar-refractivity contribution in [2.24, 2.45) is 0 Å². The fourth-order valence-corrected chi connectivity index (χ4v) is 1.99. The molecule has 0 aliphatic rings. The van der Waals surface area contributed by atoms with Crippen LogP contribution in [0.3, 0.4) is 0 Å². The molecule has 0 aromatic carbocycles. The molecule has 0 aliphatic carbocycles. The number of aromatic nitrogens is 1. The van der Waals surface area contributed by atoms with E-state index in [2.05, 4.69) is 17.2 Å². The largest absolute Gasteiger partial charge is 0.481 e. The number of rotatable bonds is 8. The molecule has 0 fully saturated rings. The molecule has 0 radical (unpaired) electrons. The fourth-order valence-electron chi connectivity index (χ4n) is 1.35. The lowest BCUT2D eigenvalue weighted by Crippen LogP contribution is -2.15. The minimum absolute atomic E-state index is 0.681. The second-order valence-electron chi connectivity index (χ2n) is 3.43. The fraction of sp³-hybridized carbons (Fsp3) is 0.583. The van der Waals surface area contributed by atoms with Crippen molar-refractivity contribution in [3.8, 4) is 5.88 Å². The molecule has 16 heavy (non-hydrogen) atoms. The van der Waals surface area contributed by atoms with Gasteiger partial charge >= 0.3 is 0 Å². The van der Waals surface area contributed by atoms with E-state index < -0.39 is 0 Å². The van der Waals surface area contributed by atoms with Crippen LogP contribution in [0.2, 0.25) is 0 Å². The maximum atomic E-state index is 5.07. The van der Waals surface area contributed by atoms with Gasteiger partial charge in [-0.05, 0) is 36.1 Å². The van der Waals surface area contributed by atoms with Crippen molar-refractivity contribution >= 4 is 11.8 Å². The number of hydrogen-bond donors (Lipinski definition) is 1. The molecule has 1 aromatic heterocycles. The van der Waals surface area contributed by atoms with Crippen molar-refractivity contribution in [1.82, 2.24) is 10.3 Å². The third-order valence-corrected chi connectivity index (χ3v) is 3.17. The van der Waals surface area contributed by atoms with Gasteiger partial charge in [-0.25, -0.2) is 4.98 Å². The molecule has 0 amide bonds. The number of thioether (sulfide) groups is 1. The predicted molar refractivity (Wildman–Crippen MR) is 70.1 cm³/mol. The number of hydrogen-bond acceptors (Lipinski definition) is 4. The lowest BCUT2D eigenvalue weighted by molar-refractivity contribution is 0.397. The van der Waals surface area contributed by atoms with Crippen molar-refractivity contribution in [2.45, 2.75) is 19.9 Å². The smallest absolute Gasteiger partial charge is 0.213 e. The maximum absolute atomic E-state index is 5.07. The summed E-state index contributed by atoms with van der Waals surface area (Å²) in [6.45, 7) is 4.15. The van der Waals surface area contributed by atoms with E-state index in [4.69, 9.17) is 4.74 Å². The summed E-state index contributed by atoms with van der Waals surface area (Å²) < 4.78 is 5.07. The van der Waals surface area contributed by atoms with Gasteiger partial charge in [0.25, 0.3) is 0 Å². The van der Waals surface area contributed by atoms with Gasteiger partial charge < -0.3 is 10.1 Å². The molecule has 0 spiro atoms. The van der Waals surface area contributed by atoms with E-state index in [0.717, 1.165) is 13.1 Å². The van der Waals surface area contributed by atoms with Crippen LogP contribution in [0.15, 0.2) is 18.3 Å². The van der Waals surface area contributed by atoms with E-state index in [1.165, 1.54) is 23.5 Å². The number of pyridine rings is 1. The Labute approximate surface area is 102 Å². The third kappa shape index (κ3) is 5.37. The van der Waals surface area contributed by atoms with Crippen LogP contribution < -0.4 is 10.1 Å². The van der Waals surface area contributed by atoms with E-state index in [1.807, 2.05) is 23.9 Å². The molecule has 0 unspecified atom stereocenters. The Bertz CT molecular complexity index is 294. The molecule has 0 atom stereocenters. The SMILES string of the molecule is CCSCCCNCc1ccnc(OC)c1. The van der Waals surface area contributed by atoms with Crippen LogP contribution in [0.1, 0.15) is 18.9 Å². The number of nitrogens with one attached hydrogen (secondary N) is 1. The van der Waals surface area contributed by atoms with Gasteiger partial charge in [0, 0.05) is 18.8 Å². The molecule has 0 bridgehead atoms. The van der Waals surface area contributed by atoms with Gasteiger partial charge in [-0.15, -0.1) is 0 Å². The first-order valence-electron chi connectivity index (χ1n) is 5.64. The van der Waals surface area contributed by atoms with Gasteiger partial charge in [0.2, 0.25) is 5.88 Å². The highest BCUT2D eigenvalue weighted by molar-refractivity contribution is 7.99. The Kier molecular flexibility index (Phi) is 7.01. The van der Waals surface area contributed by atoms with Crippen LogP contribution in [-0.2, 0) is 6.54 Å². The van der Waals surface area contributed by atoms with E-state index in [9.17, 15) is 0 Å². The predicted octanol–water partition coefficient (Wildman–Crippen LogP) is 2.32. The summed E-state index contributed by atoms with van der Waals surface area (Å²) in [5.41, 5.74) is 1.22. The van der Waals surface area contributed by atoms with Crippen LogP contribution >= 0.6 is 11.8 Å². The summed E-state index contributed by atoms with van der Waals surface area (Å²) in [6, 6.07) is 3.98. The molecule has 1 aromatic rings. The third-order valence-electron chi connectivity index (χ3n) is 2.18. The zero-order valence-electron chi connectivity index (χ0n) is 10.0. The zero-order valence-corrected chi connectivity index (χ0v) is 10.8. The Morgan fingerprint density at radius 2 is 2.38 bits per heavy atom. The van der Waals surface area contributed by atoms with E-state index in [1.54, 1.807) is 13.3 Å². The zero-order chi connectivity index (χ0) is 11.6. The van der Waals surface area contributed by atoms with Crippen molar-refractivity contribution in [3.05, 3.63) is 23.9 Å². The van der Waals surface area contributed by atoms with Crippen LogP contribution in [0.5, 0.6) is 5.88 Å². The molecule has 0 saturated heterocycles.